The van der Waals surface area contributed by atoms with Crippen LogP contribution in [0.15, 0.2) is 40.8 Å². The van der Waals surface area contributed by atoms with Crippen LogP contribution >= 0.6 is 0 Å². The number of carbonyl (C=O) groups excluding carboxylic acids is 1. The Morgan fingerprint density at radius 2 is 2.05 bits per heavy atom. The highest BCUT2D eigenvalue weighted by Gasteiger charge is 2.12. The number of aryl methyl sites for hydroxylation is 1. The van der Waals surface area contributed by atoms with Gasteiger partial charge in [-0.15, -0.1) is 0 Å². The molecule has 1 aromatic carbocycles. The van der Waals surface area contributed by atoms with Crippen LogP contribution in [-0.4, -0.2) is 13.1 Å². The molecule has 0 aliphatic heterocycles. The van der Waals surface area contributed by atoms with Gasteiger partial charge in [-0.05, 0) is 37.1 Å². The molecule has 0 bridgehead atoms. The van der Waals surface area contributed by atoms with Gasteiger partial charge in [0, 0.05) is 6.04 Å². The summed E-state index contributed by atoms with van der Waals surface area (Å²) < 4.78 is 10.0. The first-order chi connectivity index (χ1) is 9.61. The molecule has 20 heavy (non-hydrogen) atoms. The van der Waals surface area contributed by atoms with Crippen LogP contribution in [0.5, 0.6) is 0 Å². The number of ether oxygens (including phenoxy) is 1. The third kappa shape index (κ3) is 3.27. The van der Waals surface area contributed by atoms with Crippen molar-refractivity contribution in [3.8, 4) is 0 Å². The average Bonchev–Trinajstić information content (AvgIpc) is 2.93. The minimum absolute atomic E-state index is 0.211. The molecule has 0 aliphatic rings. The molecule has 1 N–H and O–H groups in total. The van der Waals surface area contributed by atoms with Crippen molar-refractivity contribution >= 4 is 5.97 Å². The van der Waals surface area contributed by atoms with Crippen molar-refractivity contribution in [2.24, 2.45) is 0 Å². The zero-order chi connectivity index (χ0) is 14.5. The van der Waals surface area contributed by atoms with Gasteiger partial charge in [-0.1, -0.05) is 24.3 Å². The molecule has 1 heterocycles. The van der Waals surface area contributed by atoms with Crippen molar-refractivity contribution < 1.29 is 13.9 Å². The fourth-order valence-electron chi connectivity index (χ4n) is 2.12. The highest BCUT2D eigenvalue weighted by Crippen LogP contribution is 2.17. The van der Waals surface area contributed by atoms with Crippen molar-refractivity contribution in [3.63, 3.8) is 0 Å². The minimum atomic E-state index is -0.455. The third-order valence-corrected chi connectivity index (χ3v) is 3.29. The number of carbonyl (C=O) groups is 1. The van der Waals surface area contributed by atoms with E-state index in [2.05, 4.69) is 36.0 Å². The van der Waals surface area contributed by atoms with E-state index in [4.69, 9.17) is 4.42 Å². The fraction of sp³-hybridized carbons (Fsp3) is 0.312. The van der Waals surface area contributed by atoms with Gasteiger partial charge in [-0.2, -0.15) is 0 Å². The van der Waals surface area contributed by atoms with Crippen molar-refractivity contribution in [3.05, 3.63) is 59.0 Å². The first-order valence-corrected chi connectivity index (χ1v) is 6.57. The van der Waals surface area contributed by atoms with E-state index in [1.165, 1.54) is 18.2 Å². The van der Waals surface area contributed by atoms with Crippen LogP contribution in [0.25, 0.3) is 0 Å². The lowest BCUT2D eigenvalue weighted by atomic mass is 10.0. The Balaban J connectivity index is 1.97. The Labute approximate surface area is 118 Å². The predicted molar refractivity (Wildman–Crippen MR) is 76.5 cm³/mol. The number of hydrogen-bond acceptors (Lipinski definition) is 4. The molecule has 0 fully saturated rings. The van der Waals surface area contributed by atoms with Crippen LogP contribution in [-0.2, 0) is 11.3 Å². The predicted octanol–water partition coefficient (Wildman–Crippen LogP) is 3.23. The van der Waals surface area contributed by atoms with Gasteiger partial charge in [0.15, 0.2) is 0 Å². The van der Waals surface area contributed by atoms with Gasteiger partial charge in [0.25, 0.3) is 0 Å². The first kappa shape index (κ1) is 14.3. The molecule has 0 spiro atoms. The number of nitrogens with one attached hydrogen (secondary N) is 1. The Bertz CT molecular complexity index is 589. The van der Waals surface area contributed by atoms with E-state index in [-0.39, 0.29) is 11.8 Å². The molecule has 0 radical (unpaired) electrons. The first-order valence-electron chi connectivity index (χ1n) is 6.57. The number of furan rings is 1. The molecule has 1 unspecified atom stereocenters. The zero-order valence-electron chi connectivity index (χ0n) is 12.0. The molecular weight excluding hydrogens is 254 g/mol. The molecule has 0 saturated carbocycles. The second kappa shape index (κ2) is 6.39. The highest BCUT2D eigenvalue weighted by atomic mass is 16.5. The molecule has 0 aliphatic carbocycles. The number of hydrogen-bond donors (Lipinski definition) is 1. The molecule has 4 heteroatoms. The molecular formula is C16H19NO3. The second-order valence-corrected chi connectivity index (χ2v) is 4.72. The number of benzene rings is 1. The maximum absolute atomic E-state index is 11.3. The van der Waals surface area contributed by atoms with Gasteiger partial charge in [0.1, 0.15) is 5.76 Å². The standard InChI is InChI=1S/C16H19NO3/c1-11-6-4-5-7-14(11)12(2)17-10-13-8-9-15(20-13)16(18)19-3/h4-9,12,17H,10H2,1-3H3. The van der Waals surface area contributed by atoms with Gasteiger partial charge in [-0.3, -0.25) is 0 Å². The van der Waals surface area contributed by atoms with E-state index in [1.807, 2.05) is 12.1 Å². The van der Waals surface area contributed by atoms with Crippen molar-refractivity contribution in [1.82, 2.24) is 5.32 Å². The SMILES string of the molecule is COC(=O)c1ccc(CNC(C)c2ccccc2C)o1. The van der Waals surface area contributed by atoms with Crippen molar-refractivity contribution in [2.45, 2.75) is 26.4 Å². The van der Waals surface area contributed by atoms with Crippen LogP contribution < -0.4 is 5.32 Å². The van der Waals surface area contributed by atoms with Crippen LogP contribution in [0.3, 0.4) is 0 Å². The third-order valence-electron chi connectivity index (χ3n) is 3.29. The minimum Gasteiger partial charge on any atom is -0.463 e. The van der Waals surface area contributed by atoms with Gasteiger partial charge in [-0.25, -0.2) is 4.79 Å². The summed E-state index contributed by atoms with van der Waals surface area (Å²) in [6.07, 6.45) is 0. The van der Waals surface area contributed by atoms with Crippen LogP contribution in [0.4, 0.5) is 0 Å². The summed E-state index contributed by atoms with van der Waals surface area (Å²) in [4.78, 5) is 11.3. The summed E-state index contributed by atoms with van der Waals surface area (Å²) in [6.45, 7) is 4.76. The van der Waals surface area contributed by atoms with Crippen LogP contribution in [0, 0.1) is 6.92 Å². The molecule has 1 atom stereocenters. The molecule has 1 aromatic heterocycles. The largest absolute Gasteiger partial charge is 0.463 e. The van der Waals surface area contributed by atoms with Gasteiger partial charge < -0.3 is 14.5 Å². The summed E-state index contributed by atoms with van der Waals surface area (Å²) in [5.41, 5.74) is 2.51. The summed E-state index contributed by atoms with van der Waals surface area (Å²) >= 11 is 0. The summed E-state index contributed by atoms with van der Waals surface area (Å²) in [6, 6.07) is 11.9. The van der Waals surface area contributed by atoms with Crippen LogP contribution in [0.1, 0.15) is 40.4 Å². The Kier molecular flexibility index (Phi) is 4.58. The quantitative estimate of drug-likeness (QED) is 0.850. The normalized spacial score (nSPS) is 12.2. The lowest BCUT2D eigenvalue weighted by molar-refractivity contribution is 0.0563. The van der Waals surface area contributed by atoms with Crippen molar-refractivity contribution in [1.29, 1.82) is 0 Å². The summed E-state index contributed by atoms with van der Waals surface area (Å²) in [5, 5.41) is 3.38. The van der Waals surface area contributed by atoms with E-state index < -0.39 is 5.97 Å². The zero-order valence-corrected chi connectivity index (χ0v) is 12.0. The van der Waals surface area contributed by atoms with E-state index in [0.717, 1.165) is 0 Å². The molecule has 0 amide bonds. The van der Waals surface area contributed by atoms with Gasteiger partial charge >= 0.3 is 5.97 Å². The summed E-state index contributed by atoms with van der Waals surface area (Å²) in [7, 11) is 1.34. The maximum Gasteiger partial charge on any atom is 0.373 e. The van der Waals surface area contributed by atoms with E-state index in [0.29, 0.717) is 12.3 Å². The highest BCUT2D eigenvalue weighted by molar-refractivity contribution is 5.86. The van der Waals surface area contributed by atoms with E-state index in [1.54, 1.807) is 12.1 Å². The molecule has 106 valence electrons. The topological polar surface area (TPSA) is 51.5 Å². The number of esters is 1. The maximum atomic E-state index is 11.3. The van der Waals surface area contributed by atoms with Crippen LogP contribution in [0.2, 0.25) is 0 Å². The number of rotatable bonds is 5. The molecule has 2 rings (SSSR count). The van der Waals surface area contributed by atoms with Gasteiger partial charge in [0.2, 0.25) is 5.76 Å². The molecule has 4 nitrogen and oxygen atoms in total. The molecule has 2 aromatic rings. The monoisotopic (exact) mass is 273 g/mol. The number of methoxy groups -OCH3 is 1. The van der Waals surface area contributed by atoms with E-state index in [9.17, 15) is 4.79 Å². The van der Waals surface area contributed by atoms with Crippen molar-refractivity contribution in [2.75, 3.05) is 7.11 Å². The Morgan fingerprint density at radius 3 is 2.75 bits per heavy atom. The fourth-order valence-corrected chi connectivity index (χ4v) is 2.12. The van der Waals surface area contributed by atoms with Gasteiger partial charge in [0.05, 0.1) is 13.7 Å². The second-order valence-electron chi connectivity index (χ2n) is 4.72. The lowest BCUT2D eigenvalue weighted by Crippen LogP contribution is -2.18. The lowest BCUT2D eigenvalue weighted by Gasteiger charge is -2.15. The Hall–Kier alpha value is -2.07. The Morgan fingerprint density at radius 1 is 1.30 bits per heavy atom. The van der Waals surface area contributed by atoms with E-state index >= 15 is 0 Å². The average molecular weight is 273 g/mol. The summed E-state index contributed by atoms with van der Waals surface area (Å²) in [5.74, 6) is 0.488. The smallest absolute Gasteiger partial charge is 0.373 e. The molecule has 0 saturated heterocycles.